The van der Waals surface area contributed by atoms with E-state index < -0.39 is 81.8 Å². The Morgan fingerprint density at radius 2 is 1.05 bits per heavy atom. The van der Waals surface area contributed by atoms with E-state index in [4.69, 9.17) is 18.5 Å². The molecular formula is C47H79O14P. The van der Waals surface area contributed by atoms with Gasteiger partial charge in [-0.3, -0.25) is 18.6 Å². The van der Waals surface area contributed by atoms with Crippen LogP contribution in [0, 0.1) is 0 Å². The minimum Gasteiger partial charge on any atom is -0.462 e. The number of allylic oxidation sites excluding steroid dienone is 11. The number of aliphatic hydroxyl groups excluding tert-OH is 6. The van der Waals surface area contributed by atoms with E-state index in [-0.39, 0.29) is 19.3 Å². The van der Waals surface area contributed by atoms with Crippen LogP contribution in [0.5, 0.6) is 0 Å². The lowest BCUT2D eigenvalue weighted by molar-refractivity contribution is -0.220. The van der Waals surface area contributed by atoms with E-state index in [1.54, 1.807) is 12.2 Å². The zero-order chi connectivity index (χ0) is 45.9. The Morgan fingerprint density at radius 1 is 0.581 bits per heavy atom. The van der Waals surface area contributed by atoms with Gasteiger partial charge in [-0.15, -0.1) is 0 Å². The van der Waals surface area contributed by atoms with E-state index >= 15 is 0 Å². The Bertz CT molecular complexity index is 1380. The van der Waals surface area contributed by atoms with Gasteiger partial charge in [-0.2, -0.15) is 0 Å². The molecule has 1 rings (SSSR count). The molecule has 1 saturated carbocycles. The monoisotopic (exact) mass is 899 g/mol. The highest BCUT2D eigenvalue weighted by atomic mass is 31.2. The summed E-state index contributed by atoms with van der Waals surface area (Å²) in [7, 11) is -5.17. The molecule has 0 amide bonds. The van der Waals surface area contributed by atoms with Crippen LogP contribution in [-0.4, -0.2) is 110 Å². The van der Waals surface area contributed by atoms with Crippen LogP contribution in [0.1, 0.15) is 149 Å². The summed E-state index contributed by atoms with van der Waals surface area (Å²) in [4.78, 5) is 35.7. The predicted molar refractivity (Wildman–Crippen MR) is 241 cm³/mol. The number of rotatable bonds is 36. The van der Waals surface area contributed by atoms with Crippen molar-refractivity contribution in [3.05, 3.63) is 72.9 Å². The van der Waals surface area contributed by atoms with Gasteiger partial charge in [-0.05, 0) is 44.9 Å². The highest BCUT2D eigenvalue weighted by molar-refractivity contribution is 7.47. The van der Waals surface area contributed by atoms with Crippen LogP contribution in [0.15, 0.2) is 72.9 Å². The van der Waals surface area contributed by atoms with Gasteiger partial charge in [0.2, 0.25) is 0 Å². The molecule has 0 aromatic rings. The average Bonchev–Trinajstić information content (AvgIpc) is 3.25. The second-order valence-electron chi connectivity index (χ2n) is 15.7. The highest BCUT2D eigenvalue weighted by Crippen LogP contribution is 2.47. The Hall–Kier alpha value is -2.75. The number of hydrogen-bond acceptors (Lipinski definition) is 13. The second kappa shape index (κ2) is 36.6. The third kappa shape index (κ3) is 28.8. The molecule has 0 heterocycles. The number of phosphoric ester groups is 1. The van der Waals surface area contributed by atoms with Crippen LogP contribution in [-0.2, 0) is 32.7 Å². The molecule has 15 heteroatoms. The van der Waals surface area contributed by atoms with E-state index in [0.717, 1.165) is 57.8 Å². The number of esters is 2. The van der Waals surface area contributed by atoms with E-state index in [0.29, 0.717) is 6.42 Å². The molecule has 0 aliphatic heterocycles. The topological polar surface area (TPSA) is 230 Å². The fourth-order valence-corrected chi connectivity index (χ4v) is 7.43. The summed E-state index contributed by atoms with van der Waals surface area (Å²) in [6, 6.07) is 0. The van der Waals surface area contributed by atoms with Gasteiger partial charge in [0.05, 0.1) is 12.7 Å². The summed E-state index contributed by atoms with van der Waals surface area (Å²) in [5.74, 6) is -1.39. The molecule has 62 heavy (non-hydrogen) atoms. The fourth-order valence-electron chi connectivity index (χ4n) is 6.46. The first-order valence-corrected chi connectivity index (χ1v) is 24.3. The Kier molecular flexibility index (Phi) is 33.8. The quantitative estimate of drug-likeness (QED) is 0.0105. The molecule has 1 fully saturated rings. The molecule has 0 saturated heterocycles. The van der Waals surface area contributed by atoms with Crippen molar-refractivity contribution in [2.45, 2.75) is 198 Å². The number of aliphatic hydroxyl groups is 6. The third-order valence-corrected chi connectivity index (χ3v) is 11.2. The molecule has 1 aliphatic rings. The first-order chi connectivity index (χ1) is 29.8. The molecule has 4 unspecified atom stereocenters. The zero-order valence-electron chi connectivity index (χ0n) is 37.2. The van der Waals surface area contributed by atoms with Crippen molar-refractivity contribution >= 4 is 19.8 Å². The molecule has 1 aliphatic carbocycles. The Labute approximate surface area is 370 Å². The SMILES string of the molecule is CC/C=C\C/C=C\C/C=C\C/C=C\C/C=C\C=C/C(O)CCC(=O)OC[C@H](COP(=O)(O)OC1[C@H](O)[C@H](O)C(O)[C@H](O)[C@H]1O)OC(=O)CCCCCCCCCCCCCCC. The molecule has 0 bridgehead atoms. The van der Waals surface area contributed by atoms with Gasteiger partial charge >= 0.3 is 19.8 Å². The van der Waals surface area contributed by atoms with Gasteiger partial charge in [-0.1, -0.05) is 164 Å². The number of unbranched alkanes of at least 4 members (excludes halogenated alkanes) is 12. The van der Waals surface area contributed by atoms with Gasteiger partial charge < -0.3 is 45.0 Å². The van der Waals surface area contributed by atoms with Crippen LogP contribution in [0.4, 0.5) is 0 Å². The predicted octanol–water partition coefficient (Wildman–Crippen LogP) is 7.69. The fraction of sp³-hybridized carbons (Fsp3) is 0.702. The van der Waals surface area contributed by atoms with Crippen molar-refractivity contribution in [2.24, 2.45) is 0 Å². The van der Waals surface area contributed by atoms with Crippen molar-refractivity contribution in [2.75, 3.05) is 13.2 Å². The van der Waals surface area contributed by atoms with Crippen LogP contribution in [0.3, 0.4) is 0 Å². The van der Waals surface area contributed by atoms with Crippen LogP contribution < -0.4 is 0 Å². The molecule has 0 aromatic heterocycles. The average molecular weight is 899 g/mol. The normalized spacial score (nSPS) is 23.0. The summed E-state index contributed by atoms with van der Waals surface area (Å²) in [5, 5.41) is 60.4. The smallest absolute Gasteiger partial charge is 0.462 e. The van der Waals surface area contributed by atoms with Crippen LogP contribution in [0.2, 0.25) is 0 Å². The van der Waals surface area contributed by atoms with Gasteiger partial charge in [-0.25, -0.2) is 4.57 Å². The highest BCUT2D eigenvalue weighted by Gasteiger charge is 2.51. The molecule has 9 atom stereocenters. The number of carbonyl (C=O) groups excluding carboxylic acids is 2. The first kappa shape index (κ1) is 57.3. The lowest BCUT2D eigenvalue weighted by atomic mass is 9.85. The van der Waals surface area contributed by atoms with Crippen molar-refractivity contribution in [3.8, 4) is 0 Å². The standard InChI is InChI=1S/C47H79O14P/c1-3-5-7-9-11-13-15-17-18-19-21-22-24-26-28-30-32-38(48)34-35-40(49)58-36-39(37-59-62(56,57)61-47-45(54)43(52)42(51)44(53)46(47)55)60-41(50)33-31-29-27-25-23-20-16-14-12-10-8-6-4-2/h5,7,11,13,17-18,21-22,26,28,30,32,38-39,42-48,51-55H,3-4,6,8-10,12,14-16,19-20,23-25,27,29,31,33-37H2,1-2H3,(H,56,57)/b7-5-,13-11-,18-17-,22-21-,28-26-,32-30-/t38?,39-,42?,43-,44+,45-,46-,47?/m1/s1. The van der Waals surface area contributed by atoms with E-state index in [1.807, 2.05) is 12.2 Å². The second-order valence-corrected chi connectivity index (χ2v) is 17.1. The Balaban J connectivity index is 2.57. The zero-order valence-corrected chi connectivity index (χ0v) is 38.1. The van der Waals surface area contributed by atoms with E-state index in [2.05, 4.69) is 56.4 Å². The summed E-state index contributed by atoms with van der Waals surface area (Å²) < 4.78 is 33.3. The van der Waals surface area contributed by atoms with E-state index in [1.165, 1.54) is 57.4 Å². The number of ether oxygens (including phenoxy) is 2. The lowest BCUT2D eigenvalue weighted by Gasteiger charge is -2.41. The van der Waals surface area contributed by atoms with Crippen LogP contribution in [0.25, 0.3) is 0 Å². The molecular weight excluding hydrogens is 819 g/mol. The molecule has 356 valence electrons. The third-order valence-electron chi connectivity index (χ3n) is 10.2. The molecule has 14 nitrogen and oxygen atoms in total. The largest absolute Gasteiger partial charge is 0.472 e. The maximum Gasteiger partial charge on any atom is 0.472 e. The Morgan fingerprint density at radius 3 is 1.56 bits per heavy atom. The first-order valence-electron chi connectivity index (χ1n) is 22.8. The van der Waals surface area contributed by atoms with E-state index in [9.17, 15) is 49.7 Å². The van der Waals surface area contributed by atoms with Gasteiger partial charge in [0.1, 0.15) is 43.2 Å². The minimum atomic E-state index is -5.17. The summed E-state index contributed by atoms with van der Waals surface area (Å²) in [6.45, 7) is 2.96. The van der Waals surface area contributed by atoms with Gasteiger partial charge in [0.25, 0.3) is 0 Å². The van der Waals surface area contributed by atoms with Gasteiger partial charge in [0, 0.05) is 12.8 Å². The number of phosphoric acid groups is 1. The number of carbonyl (C=O) groups is 2. The molecule has 0 spiro atoms. The summed E-state index contributed by atoms with van der Waals surface area (Å²) >= 11 is 0. The maximum atomic E-state index is 12.8. The van der Waals surface area contributed by atoms with Crippen molar-refractivity contribution in [1.82, 2.24) is 0 Å². The maximum absolute atomic E-state index is 12.8. The van der Waals surface area contributed by atoms with Crippen molar-refractivity contribution < 1.29 is 68.2 Å². The van der Waals surface area contributed by atoms with Crippen molar-refractivity contribution in [3.63, 3.8) is 0 Å². The molecule has 7 N–H and O–H groups in total. The summed E-state index contributed by atoms with van der Waals surface area (Å²) in [5.41, 5.74) is 0. The lowest BCUT2D eigenvalue weighted by Crippen LogP contribution is -2.64. The molecule has 0 aromatic carbocycles. The van der Waals surface area contributed by atoms with Crippen molar-refractivity contribution in [1.29, 1.82) is 0 Å². The van der Waals surface area contributed by atoms with Crippen LogP contribution >= 0.6 is 7.82 Å². The number of hydrogen-bond donors (Lipinski definition) is 7. The van der Waals surface area contributed by atoms with Gasteiger partial charge in [0.15, 0.2) is 6.10 Å². The minimum absolute atomic E-state index is 0.0398. The summed E-state index contributed by atoms with van der Waals surface area (Å²) in [6.07, 6.45) is 28.5. The molecule has 0 radical (unpaired) electrons.